The lowest BCUT2D eigenvalue weighted by atomic mass is 10.1. The van der Waals surface area contributed by atoms with Crippen LogP contribution in [0.3, 0.4) is 0 Å². The molecular weight excluding hydrogens is 443 g/mol. The van der Waals surface area contributed by atoms with E-state index in [0.29, 0.717) is 42.4 Å². The summed E-state index contributed by atoms with van der Waals surface area (Å²) in [5, 5.41) is 9.95. The molecule has 7 nitrogen and oxygen atoms in total. The summed E-state index contributed by atoms with van der Waals surface area (Å²) < 4.78 is 47.7. The summed E-state index contributed by atoms with van der Waals surface area (Å²) in [6.07, 6.45) is 1.16. The van der Waals surface area contributed by atoms with Crippen LogP contribution in [-0.2, 0) is 26.0 Å². The van der Waals surface area contributed by atoms with E-state index >= 15 is 0 Å². The van der Waals surface area contributed by atoms with Crippen LogP contribution in [0.15, 0.2) is 57.4 Å². The summed E-state index contributed by atoms with van der Waals surface area (Å²) in [6, 6.07) is 9.39. The molecule has 164 valence electrons. The fraction of sp³-hybridized carbons (Fsp3) is 0.286. The number of fused-ring (bicyclic) bond motifs is 1. The first kappa shape index (κ1) is 21.8. The maximum Gasteiger partial charge on any atom is 0.307 e. The van der Waals surface area contributed by atoms with Crippen LogP contribution in [0.4, 0.5) is 4.39 Å². The Bertz CT molecular complexity index is 1230. The highest BCUT2D eigenvalue weighted by Crippen LogP contribution is 2.36. The van der Waals surface area contributed by atoms with E-state index in [9.17, 15) is 22.7 Å². The molecule has 10 heteroatoms. The van der Waals surface area contributed by atoms with Gasteiger partial charge in [-0.1, -0.05) is 11.8 Å². The molecule has 2 aromatic heterocycles. The van der Waals surface area contributed by atoms with Crippen molar-refractivity contribution in [2.24, 2.45) is 0 Å². The van der Waals surface area contributed by atoms with Crippen molar-refractivity contribution in [3.05, 3.63) is 59.5 Å². The van der Waals surface area contributed by atoms with Gasteiger partial charge in [-0.25, -0.2) is 12.8 Å². The molecule has 1 aliphatic rings. The predicted molar refractivity (Wildman–Crippen MR) is 114 cm³/mol. The van der Waals surface area contributed by atoms with Crippen LogP contribution in [-0.4, -0.2) is 54.5 Å². The molecule has 3 aromatic rings. The Kier molecular flexibility index (Phi) is 6.07. The Labute approximate surface area is 183 Å². The number of hydrogen-bond acceptors (Lipinski definition) is 5. The number of aliphatic carboxylic acids is 1. The number of aromatic nitrogens is 1. The zero-order valence-corrected chi connectivity index (χ0v) is 18.4. The standard InChI is InChI=1S/C21H21FN2O5S2/c1-14-18(12-20(25)26)19-7-2-15(22)13-24(19)21(14)30-16-3-5-17(6-4-16)31(27,28)23-8-10-29-11-9-23/h2-7,13H,8-12H2,1H3,(H,25,26). The van der Waals surface area contributed by atoms with E-state index < -0.39 is 21.8 Å². The fourth-order valence-electron chi connectivity index (χ4n) is 3.62. The quantitative estimate of drug-likeness (QED) is 0.603. The zero-order chi connectivity index (χ0) is 22.2. The lowest BCUT2D eigenvalue weighted by molar-refractivity contribution is -0.136. The molecule has 0 radical (unpaired) electrons. The van der Waals surface area contributed by atoms with Crippen LogP contribution >= 0.6 is 11.8 Å². The minimum Gasteiger partial charge on any atom is -0.481 e. The summed E-state index contributed by atoms with van der Waals surface area (Å²) in [4.78, 5) is 12.3. The predicted octanol–water partition coefficient (Wildman–Crippen LogP) is 3.19. The van der Waals surface area contributed by atoms with Gasteiger partial charge in [0.05, 0.1) is 35.1 Å². The van der Waals surface area contributed by atoms with E-state index in [1.807, 2.05) is 6.92 Å². The number of halogens is 1. The second-order valence-corrected chi connectivity index (χ2v) is 10.2. The van der Waals surface area contributed by atoms with E-state index in [-0.39, 0.29) is 11.3 Å². The second kappa shape index (κ2) is 8.62. The maximum atomic E-state index is 13.9. The summed E-state index contributed by atoms with van der Waals surface area (Å²) in [5.74, 6) is -1.40. The van der Waals surface area contributed by atoms with Crippen molar-refractivity contribution < 1.29 is 27.4 Å². The molecule has 0 unspecified atom stereocenters. The van der Waals surface area contributed by atoms with Gasteiger partial charge in [-0.15, -0.1) is 0 Å². The van der Waals surface area contributed by atoms with Gasteiger partial charge in [-0.3, -0.25) is 4.79 Å². The number of rotatable bonds is 6. The third-order valence-electron chi connectivity index (χ3n) is 5.19. The first-order valence-corrected chi connectivity index (χ1v) is 11.9. The lowest BCUT2D eigenvalue weighted by Crippen LogP contribution is -2.40. The highest BCUT2D eigenvalue weighted by molar-refractivity contribution is 7.99. The lowest BCUT2D eigenvalue weighted by Gasteiger charge is -2.26. The molecule has 0 spiro atoms. The number of carboxylic acids is 1. The summed E-state index contributed by atoms with van der Waals surface area (Å²) in [6.45, 7) is 3.22. The molecule has 0 saturated carbocycles. The molecule has 3 heterocycles. The van der Waals surface area contributed by atoms with E-state index in [2.05, 4.69) is 0 Å². The normalized spacial score (nSPS) is 15.4. The van der Waals surface area contributed by atoms with Gasteiger partial charge in [0.25, 0.3) is 0 Å². The van der Waals surface area contributed by atoms with Crippen LogP contribution < -0.4 is 0 Å². The van der Waals surface area contributed by atoms with Crippen LogP contribution in [0.1, 0.15) is 11.1 Å². The number of sulfonamides is 1. The topological polar surface area (TPSA) is 88.3 Å². The van der Waals surface area contributed by atoms with Crippen molar-refractivity contribution in [2.45, 2.75) is 28.2 Å². The highest BCUT2D eigenvalue weighted by atomic mass is 32.2. The molecule has 1 fully saturated rings. The first-order chi connectivity index (χ1) is 14.8. The van der Waals surface area contributed by atoms with Gasteiger partial charge in [-0.2, -0.15) is 4.31 Å². The average Bonchev–Trinajstić information content (AvgIpc) is 2.99. The van der Waals surface area contributed by atoms with Gasteiger partial charge >= 0.3 is 5.97 Å². The summed E-state index contributed by atoms with van der Waals surface area (Å²) in [7, 11) is -3.59. The fourth-order valence-corrected chi connectivity index (χ4v) is 6.05. The Hall–Kier alpha value is -2.40. The Morgan fingerprint density at radius 1 is 1.16 bits per heavy atom. The van der Waals surface area contributed by atoms with Crippen molar-refractivity contribution in [3.8, 4) is 0 Å². The molecule has 4 rings (SSSR count). The Morgan fingerprint density at radius 3 is 2.48 bits per heavy atom. The van der Waals surface area contributed by atoms with E-state index in [0.717, 1.165) is 10.5 Å². The van der Waals surface area contributed by atoms with Gasteiger partial charge in [0.1, 0.15) is 5.82 Å². The number of benzene rings is 1. The molecule has 1 aromatic carbocycles. The minimum absolute atomic E-state index is 0.168. The second-order valence-electron chi connectivity index (χ2n) is 7.17. The number of ether oxygens (including phenoxy) is 1. The molecular formula is C21H21FN2O5S2. The van der Waals surface area contributed by atoms with E-state index in [4.69, 9.17) is 4.74 Å². The maximum absolute atomic E-state index is 13.9. The first-order valence-electron chi connectivity index (χ1n) is 9.64. The molecule has 0 aliphatic carbocycles. The van der Waals surface area contributed by atoms with Gasteiger partial charge < -0.3 is 14.2 Å². The molecule has 0 amide bonds. The monoisotopic (exact) mass is 464 g/mol. The Morgan fingerprint density at radius 2 is 1.84 bits per heavy atom. The van der Waals surface area contributed by atoms with E-state index in [1.165, 1.54) is 28.3 Å². The number of morpholine rings is 1. The third kappa shape index (κ3) is 4.33. The zero-order valence-electron chi connectivity index (χ0n) is 16.7. The van der Waals surface area contributed by atoms with Crippen molar-refractivity contribution in [3.63, 3.8) is 0 Å². The van der Waals surface area contributed by atoms with Crippen LogP contribution in [0, 0.1) is 12.7 Å². The van der Waals surface area contributed by atoms with Crippen LogP contribution in [0.25, 0.3) is 5.52 Å². The molecule has 1 N–H and O–H groups in total. The van der Waals surface area contributed by atoms with Gasteiger partial charge in [0, 0.05) is 24.2 Å². The highest BCUT2D eigenvalue weighted by Gasteiger charge is 2.26. The number of nitrogens with zero attached hydrogens (tertiary/aromatic N) is 2. The van der Waals surface area contributed by atoms with Crippen LogP contribution in [0.5, 0.6) is 0 Å². The van der Waals surface area contributed by atoms with E-state index in [1.54, 1.807) is 34.7 Å². The van der Waals surface area contributed by atoms with Crippen LogP contribution in [0.2, 0.25) is 0 Å². The minimum atomic E-state index is -3.59. The smallest absolute Gasteiger partial charge is 0.307 e. The van der Waals surface area contributed by atoms with Crippen molar-refractivity contribution in [1.29, 1.82) is 0 Å². The van der Waals surface area contributed by atoms with Crippen molar-refractivity contribution >= 4 is 33.3 Å². The van der Waals surface area contributed by atoms with Crippen molar-refractivity contribution in [2.75, 3.05) is 26.3 Å². The van der Waals surface area contributed by atoms with Crippen molar-refractivity contribution in [1.82, 2.24) is 8.71 Å². The number of pyridine rings is 1. The molecule has 1 aliphatic heterocycles. The van der Waals surface area contributed by atoms with Gasteiger partial charge in [0.15, 0.2) is 0 Å². The largest absolute Gasteiger partial charge is 0.481 e. The molecule has 1 saturated heterocycles. The third-order valence-corrected chi connectivity index (χ3v) is 8.30. The number of carboxylic acid groups (broad SMARTS) is 1. The number of hydrogen-bond donors (Lipinski definition) is 1. The Balaban J connectivity index is 1.66. The molecule has 0 atom stereocenters. The van der Waals surface area contributed by atoms with Gasteiger partial charge in [-0.05, 0) is 54.4 Å². The molecule has 0 bridgehead atoms. The average molecular weight is 465 g/mol. The summed E-state index contributed by atoms with van der Waals surface area (Å²) in [5.41, 5.74) is 2.01. The van der Waals surface area contributed by atoms with Gasteiger partial charge in [0.2, 0.25) is 10.0 Å². The number of carbonyl (C=O) groups is 1. The summed E-state index contributed by atoms with van der Waals surface area (Å²) >= 11 is 1.33. The molecule has 31 heavy (non-hydrogen) atoms. The SMILES string of the molecule is Cc1c(CC(=O)O)c2ccc(F)cn2c1Sc1ccc(S(=O)(=O)N2CCOCC2)cc1.